The SMILES string of the molecule is Cc1ccnc(CNC(=O)[C@H]2[C@@H]3C[C@@H](CN(c4nncs4)C3)[C@@H]3CCCC(=O)N32)c1. The number of carbonyl (C=O) groups excluding carboxylic acids is 2. The average molecular weight is 427 g/mol. The summed E-state index contributed by atoms with van der Waals surface area (Å²) in [5, 5.41) is 12.2. The number of anilines is 1. The van der Waals surface area contributed by atoms with E-state index in [4.69, 9.17) is 0 Å². The van der Waals surface area contributed by atoms with Gasteiger partial charge in [0.2, 0.25) is 16.9 Å². The van der Waals surface area contributed by atoms with Crippen LogP contribution < -0.4 is 10.2 Å². The summed E-state index contributed by atoms with van der Waals surface area (Å²) in [6.45, 7) is 3.99. The molecule has 5 rings (SSSR count). The van der Waals surface area contributed by atoms with Gasteiger partial charge in [-0.05, 0) is 49.8 Å². The predicted octanol–water partition coefficient (Wildman–Crippen LogP) is 1.76. The number of fused-ring (bicyclic) bond motifs is 4. The molecule has 0 aromatic carbocycles. The molecule has 0 unspecified atom stereocenters. The number of amides is 2. The van der Waals surface area contributed by atoms with E-state index in [1.54, 1.807) is 11.7 Å². The van der Waals surface area contributed by atoms with Crippen LogP contribution in [0.5, 0.6) is 0 Å². The lowest BCUT2D eigenvalue weighted by Crippen LogP contribution is -2.68. The van der Waals surface area contributed by atoms with Crippen LogP contribution in [0.15, 0.2) is 23.8 Å². The standard InChI is InChI=1S/C21H26N6O2S/c1-13-5-6-22-16(7-13)9-23-20(29)19-15-8-14(17-3-2-4-18(28)27(17)19)10-26(11-15)21-25-24-12-30-21/h5-7,12,14-15,17,19H,2-4,8-11H2,1H3,(H,23,29)/t14-,15+,17-,19+/m0/s1. The summed E-state index contributed by atoms with van der Waals surface area (Å²) in [5.41, 5.74) is 3.69. The Balaban J connectivity index is 1.39. The number of piperidine rings is 3. The second kappa shape index (κ2) is 7.94. The largest absolute Gasteiger partial charge is 0.349 e. The fourth-order valence-electron chi connectivity index (χ4n) is 5.43. The molecule has 30 heavy (non-hydrogen) atoms. The molecule has 2 bridgehead atoms. The number of hydrogen-bond donors (Lipinski definition) is 1. The van der Waals surface area contributed by atoms with E-state index >= 15 is 0 Å². The lowest BCUT2D eigenvalue weighted by Gasteiger charge is -2.55. The highest BCUT2D eigenvalue weighted by atomic mass is 32.1. The summed E-state index contributed by atoms with van der Waals surface area (Å²) in [6.07, 6.45) is 5.15. The summed E-state index contributed by atoms with van der Waals surface area (Å²) in [5.74, 6) is 0.524. The number of nitrogens with one attached hydrogen (secondary N) is 1. The van der Waals surface area contributed by atoms with Crippen LogP contribution in [0.3, 0.4) is 0 Å². The van der Waals surface area contributed by atoms with Crippen LogP contribution in [0.2, 0.25) is 0 Å². The van der Waals surface area contributed by atoms with Gasteiger partial charge in [-0.25, -0.2) is 0 Å². The van der Waals surface area contributed by atoms with Crippen LogP contribution >= 0.6 is 11.3 Å². The number of nitrogens with zero attached hydrogens (tertiary/aromatic N) is 5. The van der Waals surface area contributed by atoms with Crippen molar-refractivity contribution >= 4 is 28.3 Å². The summed E-state index contributed by atoms with van der Waals surface area (Å²) in [6, 6.07) is 3.61. The molecule has 2 amide bonds. The Kier molecular flexibility index (Phi) is 5.14. The molecule has 3 fully saturated rings. The van der Waals surface area contributed by atoms with E-state index < -0.39 is 6.04 Å². The maximum Gasteiger partial charge on any atom is 0.243 e. The lowest BCUT2D eigenvalue weighted by molar-refractivity contribution is -0.156. The Bertz CT molecular complexity index is 935. The minimum absolute atomic E-state index is 0.0684. The molecule has 8 nitrogen and oxygen atoms in total. The molecular formula is C21H26N6O2S. The maximum atomic E-state index is 13.4. The molecule has 3 aliphatic rings. The highest BCUT2D eigenvalue weighted by molar-refractivity contribution is 7.13. The fraction of sp³-hybridized carbons (Fsp3) is 0.571. The molecule has 0 saturated carbocycles. The van der Waals surface area contributed by atoms with Crippen LogP contribution in [-0.4, -0.2) is 57.1 Å². The first-order chi connectivity index (χ1) is 14.6. The van der Waals surface area contributed by atoms with Crippen molar-refractivity contribution in [2.24, 2.45) is 11.8 Å². The zero-order valence-corrected chi connectivity index (χ0v) is 17.8. The van der Waals surface area contributed by atoms with Gasteiger partial charge in [-0.2, -0.15) is 0 Å². The minimum atomic E-state index is -0.431. The number of carbonyl (C=O) groups is 2. The van der Waals surface area contributed by atoms with Crippen LogP contribution in [0.25, 0.3) is 0 Å². The third-order valence-electron chi connectivity index (χ3n) is 6.64. The first-order valence-electron chi connectivity index (χ1n) is 10.6. The Morgan fingerprint density at radius 1 is 1.33 bits per heavy atom. The topological polar surface area (TPSA) is 91.3 Å². The summed E-state index contributed by atoms with van der Waals surface area (Å²) in [7, 11) is 0. The van der Waals surface area contributed by atoms with E-state index in [-0.39, 0.29) is 23.8 Å². The van der Waals surface area contributed by atoms with Crippen LogP contribution in [0, 0.1) is 18.8 Å². The van der Waals surface area contributed by atoms with E-state index in [0.29, 0.717) is 18.9 Å². The predicted molar refractivity (Wildman–Crippen MR) is 113 cm³/mol. The summed E-state index contributed by atoms with van der Waals surface area (Å²) in [4.78, 5) is 34.8. The van der Waals surface area contributed by atoms with Gasteiger partial charge in [-0.1, -0.05) is 11.3 Å². The van der Waals surface area contributed by atoms with Gasteiger partial charge >= 0.3 is 0 Å². The van der Waals surface area contributed by atoms with Crippen molar-refractivity contribution in [3.8, 4) is 0 Å². The van der Waals surface area contributed by atoms with Crippen molar-refractivity contribution in [1.29, 1.82) is 0 Å². The van der Waals surface area contributed by atoms with E-state index in [1.165, 1.54) is 11.3 Å². The van der Waals surface area contributed by atoms with E-state index in [1.807, 2.05) is 24.0 Å². The zero-order valence-electron chi connectivity index (χ0n) is 17.0. The highest BCUT2D eigenvalue weighted by Crippen LogP contribution is 2.42. The van der Waals surface area contributed by atoms with E-state index in [9.17, 15) is 9.59 Å². The average Bonchev–Trinajstić information content (AvgIpc) is 3.28. The second-order valence-electron chi connectivity index (χ2n) is 8.63. The van der Waals surface area contributed by atoms with Gasteiger partial charge in [0.1, 0.15) is 11.6 Å². The van der Waals surface area contributed by atoms with Crippen molar-refractivity contribution in [3.63, 3.8) is 0 Å². The van der Waals surface area contributed by atoms with Gasteiger partial charge in [0.25, 0.3) is 0 Å². The quantitative estimate of drug-likeness (QED) is 0.801. The van der Waals surface area contributed by atoms with Crippen LogP contribution in [0.1, 0.15) is 36.9 Å². The van der Waals surface area contributed by atoms with Gasteiger partial charge in [0, 0.05) is 37.7 Å². The second-order valence-corrected chi connectivity index (χ2v) is 9.44. The van der Waals surface area contributed by atoms with E-state index in [2.05, 4.69) is 25.4 Å². The Morgan fingerprint density at radius 2 is 2.20 bits per heavy atom. The van der Waals surface area contributed by atoms with Gasteiger partial charge in [0.05, 0.1) is 12.2 Å². The summed E-state index contributed by atoms with van der Waals surface area (Å²) >= 11 is 1.53. The highest BCUT2D eigenvalue weighted by Gasteiger charge is 2.52. The Labute approximate surface area is 179 Å². The smallest absolute Gasteiger partial charge is 0.243 e. The third kappa shape index (κ3) is 3.55. The van der Waals surface area contributed by atoms with Crippen molar-refractivity contribution in [2.45, 2.75) is 51.2 Å². The molecule has 3 aliphatic heterocycles. The molecule has 2 aromatic heterocycles. The molecular weight excluding hydrogens is 400 g/mol. The Hall–Kier alpha value is -2.55. The van der Waals surface area contributed by atoms with Crippen molar-refractivity contribution in [1.82, 2.24) is 25.4 Å². The number of hydrogen-bond acceptors (Lipinski definition) is 7. The van der Waals surface area contributed by atoms with Gasteiger partial charge in [-0.15, -0.1) is 10.2 Å². The van der Waals surface area contributed by atoms with Gasteiger partial charge < -0.3 is 15.1 Å². The third-order valence-corrected chi connectivity index (χ3v) is 7.40. The molecule has 9 heteroatoms. The van der Waals surface area contributed by atoms with E-state index in [0.717, 1.165) is 48.7 Å². The zero-order chi connectivity index (χ0) is 20.7. The van der Waals surface area contributed by atoms with Crippen molar-refractivity contribution in [2.75, 3.05) is 18.0 Å². The van der Waals surface area contributed by atoms with Crippen LogP contribution in [0.4, 0.5) is 5.13 Å². The monoisotopic (exact) mass is 426 g/mol. The first-order valence-corrected chi connectivity index (χ1v) is 11.5. The molecule has 1 N–H and O–H groups in total. The molecule has 0 aliphatic carbocycles. The molecule has 0 spiro atoms. The number of aromatic nitrogens is 3. The number of aryl methyl sites for hydroxylation is 1. The normalized spacial score (nSPS) is 28.2. The molecule has 4 atom stereocenters. The molecule has 0 radical (unpaired) electrons. The molecule has 2 aromatic rings. The number of pyridine rings is 1. The molecule has 158 valence electrons. The van der Waals surface area contributed by atoms with Crippen molar-refractivity contribution < 1.29 is 9.59 Å². The fourth-order valence-corrected chi connectivity index (χ4v) is 6.01. The number of rotatable bonds is 4. The van der Waals surface area contributed by atoms with Crippen LogP contribution in [-0.2, 0) is 16.1 Å². The lowest BCUT2D eigenvalue weighted by atomic mass is 9.72. The van der Waals surface area contributed by atoms with Gasteiger partial charge in [0.15, 0.2) is 0 Å². The maximum absolute atomic E-state index is 13.4. The van der Waals surface area contributed by atoms with Crippen molar-refractivity contribution in [3.05, 3.63) is 35.1 Å². The summed E-state index contributed by atoms with van der Waals surface area (Å²) < 4.78 is 0. The molecule has 5 heterocycles. The van der Waals surface area contributed by atoms with Gasteiger partial charge in [-0.3, -0.25) is 14.6 Å². The Morgan fingerprint density at radius 3 is 3.00 bits per heavy atom. The minimum Gasteiger partial charge on any atom is -0.349 e. The molecule has 3 saturated heterocycles. The first kappa shape index (κ1) is 19.4.